The molecule has 0 radical (unpaired) electrons. The lowest BCUT2D eigenvalue weighted by Crippen LogP contribution is -2.29. The molecule has 1 aliphatic carbocycles. The van der Waals surface area contributed by atoms with Gasteiger partial charge in [-0.2, -0.15) is 0 Å². The summed E-state index contributed by atoms with van der Waals surface area (Å²) in [6, 6.07) is 4.12. The van der Waals surface area contributed by atoms with Crippen molar-refractivity contribution in [3.63, 3.8) is 0 Å². The van der Waals surface area contributed by atoms with Crippen LogP contribution in [0.3, 0.4) is 0 Å². The van der Waals surface area contributed by atoms with E-state index in [1.165, 1.54) is 32.1 Å². The van der Waals surface area contributed by atoms with Crippen LogP contribution in [-0.2, 0) is 4.79 Å². The number of rotatable bonds is 6. The van der Waals surface area contributed by atoms with Crippen LogP contribution < -0.4 is 15.4 Å². The largest absolute Gasteiger partial charge is 0.497 e. The fourth-order valence-electron chi connectivity index (χ4n) is 1.67. The number of halogens is 1. The maximum atomic E-state index is 13.2. The highest BCUT2D eigenvalue weighted by Gasteiger charge is 2.20. The molecule has 2 rings (SSSR count). The van der Waals surface area contributed by atoms with Crippen molar-refractivity contribution in [1.29, 1.82) is 0 Å². The third-order valence-electron chi connectivity index (χ3n) is 2.81. The quantitative estimate of drug-likeness (QED) is 0.811. The van der Waals surface area contributed by atoms with E-state index < -0.39 is 5.82 Å². The molecule has 0 unspecified atom stereocenters. The molecule has 98 valence electrons. The van der Waals surface area contributed by atoms with E-state index >= 15 is 0 Å². The second-order valence-electron chi connectivity index (χ2n) is 4.50. The molecular weight excluding hydrogens is 235 g/mol. The molecule has 0 atom stereocenters. The second kappa shape index (κ2) is 5.82. The maximum absolute atomic E-state index is 13.2. The summed E-state index contributed by atoms with van der Waals surface area (Å²) in [6.45, 7) is 1.12. The zero-order valence-electron chi connectivity index (χ0n) is 10.3. The number of carbonyl (C=O) groups is 1. The normalized spacial score (nSPS) is 14.3. The molecule has 0 saturated heterocycles. The summed E-state index contributed by atoms with van der Waals surface area (Å²) in [5.74, 6) is 0.502. The van der Waals surface area contributed by atoms with Gasteiger partial charge in [-0.25, -0.2) is 4.39 Å². The molecular formula is C13H17FN2O2. The van der Waals surface area contributed by atoms with Gasteiger partial charge in [0.15, 0.2) is 0 Å². The molecule has 1 fully saturated rings. The summed E-state index contributed by atoms with van der Waals surface area (Å²) in [6.07, 6.45) is 2.49. The molecule has 1 saturated carbocycles. The smallest absolute Gasteiger partial charge is 0.238 e. The van der Waals surface area contributed by atoms with Crippen molar-refractivity contribution in [1.82, 2.24) is 5.32 Å². The van der Waals surface area contributed by atoms with Crippen LogP contribution in [0.4, 0.5) is 10.1 Å². The SMILES string of the molecule is COc1cc(F)cc(NC(=O)CNCC2CC2)c1. The van der Waals surface area contributed by atoms with Gasteiger partial charge in [0.2, 0.25) is 5.91 Å². The molecule has 1 amide bonds. The van der Waals surface area contributed by atoms with E-state index in [-0.39, 0.29) is 12.5 Å². The highest BCUT2D eigenvalue weighted by Crippen LogP contribution is 2.27. The Bertz CT molecular complexity index is 433. The van der Waals surface area contributed by atoms with Crippen LogP contribution in [-0.4, -0.2) is 26.1 Å². The minimum absolute atomic E-state index is 0.177. The van der Waals surface area contributed by atoms with Crippen molar-refractivity contribution in [3.05, 3.63) is 24.0 Å². The number of nitrogens with one attached hydrogen (secondary N) is 2. The van der Waals surface area contributed by atoms with Crippen molar-refractivity contribution in [2.24, 2.45) is 5.92 Å². The van der Waals surface area contributed by atoms with E-state index in [9.17, 15) is 9.18 Å². The van der Waals surface area contributed by atoms with Crippen molar-refractivity contribution in [3.8, 4) is 5.75 Å². The van der Waals surface area contributed by atoms with E-state index in [1.54, 1.807) is 6.07 Å². The van der Waals surface area contributed by atoms with Gasteiger partial charge in [0.25, 0.3) is 0 Å². The molecule has 0 aliphatic heterocycles. The molecule has 1 aromatic rings. The Labute approximate surface area is 106 Å². The Hall–Kier alpha value is -1.62. The molecule has 0 bridgehead atoms. The minimum Gasteiger partial charge on any atom is -0.497 e. The zero-order valence-corrected chi connectivity index (χ0v) is 10.3. The van der Waals surface area contributed by atoms with Gasteiger partial charge in [0, 0.05) is 17.8 Å². The van der Waals surface area contributed by atoms with Crippen molar-refractivity contribution >= 4 is 11.6 Å². The number of anilines is 1. The first-order chi connectivity index (χ1) is 8.67. The molecule has 1 aliphatic rings. The summed E-state index contributed by atoms with van der Waals surface area (Å²) >= 11 is 0. The number of ether oxygens (including phenoxy) is 1. The van der Waals surface area contributed by atoms with Gasteiger partial charge in [0.05, 0.1) is 13.7 Å². The first-order valence-electron chi connectivity index (χ1n) is 6.02. The molecule has 18 heavy (non-hydrogen) atoms. The zero-order chi connectivity index (χ0) is 13.0. The fraction of sp³-hybridized carbons (Fsp3) is 0.462. The number of amides is 1. The average Bonchev–Trinajstić information content (AvgIpc) is 3.12. The van der Waals surface area contributed by atoms with Gasteiger partial charge in [0.1, 0.15) is 11.6 Å². The topological polar surface area (TPSA) is 50.4 Å². The van der Waals surface area contributed by atoms with Crippen LogP contribution in [0.15, 0.2) is 18.2 Å². The lowest BCUT2D eigenvalue weighted by Gasteiger charge is -2.08. The molecule has 1 aromatic carbocycles. The number of benzene rings is 1. The van der Waals surface area contributed by atoms with Gasteiger partial charge in [-0.15, -0.1) is 0 Å². The summed E-state index contributed by atoms with van der Waals surface area (Å²) in [7, 11) is 1.46. The van der Waals surface area contributed by atoms with Crippen LogP contribution >= 0.6 is 0 Å². The van der Waals surface area contributed by atoms with E-state index in [4.69, 9.17) is 4.74 Å². The predicted octanol–water partition coefficient (Wildman–Crippen LogP) is 1.77. The first-order valence-corrected chi connectivity index (χ1v) is 6.02. The Balaban J connectivity index is 1.83. The van der Waals surface area contributed by atoms with Gasteiger partial charge < -0.3 is 15.4 Å². The van der Waals surface area contributed by atoms with Crippen LogP contribution in [0.2, 0.25) is 0 Å². The maximum Gasteiger partial charge on any atom is 0.238 e. The number of carbonyl (C=O) groups excluding carboxylic acids is 1. The molecule has 0 heterocycles. The highest BCUT2D eigenvalue weighted by molar-refractivity contribution is 5.92. The van der Waals surface area contributed by atoms with E-state index in [2.05, 4.69) is 10.6 Å². The summed E-state index contributed by atoms with van der Waals surface area (Å²) in [4.78, 5) is 11.6. The first kappa shape index (κ1) is 12.8. The number of hydrogen-bond donors (Lipinski definition) is 2. The highest BCUT2D eigenvalue weighted by atomic mass is 19.1. The molecule has 0 spiro atoms. The lowest BCUT2D eigenvalue weighted by molar-refractivity contribution is -0.115. The lowest BCUT2D eigenvalue weighted by atomic mass is 10.3. The third kappa shape index (κ3) is 4.00. The van der Waals surface area contributed by atoms with E-state index in [0.717, 1.165) is 12.5 Å². The summed E-state index contributed by atoms with van der Waals surface area (Å²) in [5.41, 5.74) is 0.407. The average molecular weight is 252 g/mol. The van der Waals surface area contributed by atoms with Crippen LogP contribution in [0.1, 0.15) is 12.8 Å². The van der Waals surface area contributed by atoms with E-state index in [1.807, 2.05) is 0 Å². The van der Waals surface area contributed by atoms with Gasteiger partial charge in [-0.1, -0.05) is 0 Å². The van der Waals surface area contributed by atoms with Crippen molar-refractivity contribution in [2.45, 2.75) is 12.8 Å². The molecule has 4 nitrogen and oxygen atoms in total. The Morgan fingerprint density at radius 2 is 2.22 bits per heavy atom. The van der Waals surface area contributed by atoms with Gasteiger partial charge >= 0.3 is 0 Å². The number of hydrogen-bond acceptors (Lipinski definition) is 3. The van der Waals surface area contributed by atoms with Crippen molar-refractivity contribution in [2.75, 3.05) is 25.5 Å². The second-order valence-corrected chi connectivity index (χ2v) is 4.50. The summed E-state index contributed by atoms with van der Waals surface area (Å²) in [5, 5.41) is 5.70. The fourth-order valence-corrected chi connectivity index (χ4v) is 1.67. The van der Waals surface area contributed by atoms with Crippen LogP contribution in [0.5, 0.6) is 5.75 Å². The monoisotopic (exact) mass is 252 g/mol. The van der Waals surface area contributed by atoms with Gasteiger partial charge in [-0.05, 0) is 31.4 Å². The minimum atomic E-state index is -0.435. The van der Waals surface area contributed by atoms with Crippen LogP contribution in [0, 0.1) is 11.7 Å². The third-order valence-corrected chi connectivity index (χ3v) is 2.81. The van der Waals surface area contributed by atoms with Gasteiger partial charge in [-0.3, -0.25) is 4.79 Å². The summed E-state index contributed by atoms with van der Waals surface area (Å²) < 4.78 is 18.1. The Morgan fingerprint density at radius 1 is 1.44 bits per heavy atom. The molecule has 5 heteroatoms. The van der Waals surface area contributed by atoms with Crippen LogP contribution in [0.25, 0.3) is 0 Å². The number of methoxy groups -OCH3 is 1. The predicted molar refractivity (Wildman–Crippen MR) is 67.2 cm³/mol. The Kier molecular flexibility index (Phi) is 4.15. The molecule has 2 N–H and O–H groups in total. The van der Waals surface area contributed by atoms with Crippen molar-refractivity contribution < 1.29 is 13.9 Å². The Morgan fingerprint density at radius 3 is 2.89 bits per heavy atom. The van der Waals surface area contributed by atoms with E-state index in [0.29, 0.717) is 11.4 Å². The standard InChI is InChI=1S/C13H17FN2O2/c1-18-12-5-10(14)4-11(6-12)16-13(17)8-15-7-9-2-3-9/h4-6,9,15H,2-3,7-8H2,1H3,(H,16,17). The molecule has 0 aromatic heterocycles.